The monoisotopic (exact) mass is 433 g/mol. The van der Waals surface area contributed by atoms with E-state index in [9.17, 15) is 14.4 Å². The summed E-state index contributed by atoms with van der Waals surface area (Å²) in [5.41, 5.74) is 3.41. The molecule has 0 unspecified atom stereocenters. The third-order valence-corrected chi connectivity index (χ3v) is 5.60. The molecule has 3 aromatic rings. The summed E-state index contributed by atoms with van der Waals surface area (Å²) in [5, 5.41) is 6.65. The summed E-state index contributed by atoms with van der Waals surface area (Å²) in [5.74, 6) is -0.130. The molecular weight excluding hydrogens is 406 g/mol. The van der Waals surface area contributed by atoms with Crippen LogP contribution in [0.4, 0.5) is 11.4 Å². The molecule has 1 fully saturated rings. The van der Waals surface area contributed by atoms with E-state index in [1.807, 2.05) is 35.4 Å². The van der Waals surface area contributed by atoms with Crippen LogP contribution in [0.5, 0.6) is 0 Å². The number of fused-ring (bicyclic) bond motifs is 1. The number of nitrogens with one attached hydrogen (secondary N) is 3. The van der Waals surface area contributed by atoms with E-state index in [4.69, 9.17) is 0 Å². The number of hydrogen-bond donors (Lipinski definition) is 3. The first-order valence-corrected chi connectivity index (χ1v) is 10.7. The number of aromatic amines is 1. The van der Waals surface area contributed by atoms with Gasteiger partial charge in [0.05, 0.1) is 13.0 Å². The van der Waals surface area contributed by atoms with Gasteiger partial charge in [0.1, 0.15) is 0 Å². The maximum Gasteiger partial charge on any atom is 0.238 e. The molecule has 1 aromatic heterocycles. The van der Waals surface area contributed by atoms with Crippen molar-refractivity contribution in [1.82, 2.24) is 14.8 Å². The first kappa shape index (κ1) is 21.6. The Morgan fingerprint density at radius 2 is 1.56 bits per heavy atom. The van der Waals surface area contributed by atoms with E-state index in [1.165, 1.54) is 6.92 Å². The van der Waals surface area contributed by atoms with E-state index in [0.717, 1.165) is 16.5 Å². The van der Waals surface area contributed by atoms with Crippen molar-refractivity contribution in [3.8, 4) is 0 Å². The second kappa shape index (κ2) is 9.65. The van der Waals surface area contributed by atoms with Gasteiger partial charge in [0, 0.05) is 61.6 Å². The zero-order valence-corrected chi connectivity index (χ0v) is 18.1. The minimum Gasteiger partial charge on any atom is -0.361 e. The molecule has 1 aliphatic rings. The van der Waals surface area contributed by atoms with Crippen LogP contribution in [-0.4, -0.2) is 65.2 Å². The van der Waals surface area contributed by atoms with Gasteiger partial charge in [0.25, 0.3) is 0 Å². The number of para-hydroxylation sites is 1. The highest BCUT2D eigenvalue weighted by atomic mass is 16.2. The molecule has 8 nitrogen and oxygen atoms in total. The van der Waals surface area contributed by atoms with Crippen LogP contribution in [0.2, 0.25) is 0 Å². The van der Waals surface area contributed by atoms with Crippen LogP contribution in [-0.2, 0) is 20.8 Å². The second-order valence-corrected chi connectivity index (χ2v) is 8.00. The maximum absolute atomic E-state index is 12.8. The fraction of sp³-hybridized carbons (Fsp3) is 0.292. The topological polar surface area (TPSA) is 97.5 Å². The number of anilines is 2. The normalized spacial score (nSPS) is 14.3. The number of piperazine rings is 1. The molecule has 3 N–H and O–H groups in total. The van der Waals surface area contributed by atoms with Gasteiger partial charge in [-0.15, -0.1) is 0 Å². The average Bonchev–Trinajstić information content (AvgIpc) is 3.18. The standard InChI is InChI=1S/C24H27N5O3/c1-17(30)26-19-6-8-20(9-7-19)27-23(31)16-28-10-12-29(13-11-28)24(32)14-18-15-25-22-5-3-2-4-21(18)22/h2-9,15,25H,10-14,16H2,1H3,(H,26,30)(H,27,31). The molecular formula is C24H27N5O3. The fourth-order valence-corrected chi connectivity index (χ4v) is 3.95. The zero-order valence-electron chi connectivity index (χ0n) is 18.1. The van der Waals surface area contributed by atoms with Crippen molar-refractivity contribution in [2.45, 2.75) is 13.3 Å². The molecule has 0 saturated carbocycles. The lowest BCUT2D eigenvalue weighted by atomic mass is 10.1. The highest BCUT2D eigenvalue weighted by molar-refractivity contribution is 5.93. The van der Waals surface area contributed by atoms with Crippen LogP contribution in [0.3, 0.4) is 0 Å². The van der Waals surface area contributed by atoms with Gasteiger partial charge in [0.15, 0.2) is 0 Å². The van der Waals surface area contributed by atoms with Gasteiger partial charge in [-0.05, 0) is 35.9 Å². The first-order chi connectivity index (χ1) is 15.5. The summed E-state index contributed by atoms with van der Waals surface area (Å²) < 4.78 is 0. The van der Waals surface area contributed by atoms with E-state index in [-0.39, 0.29) is 24.3 Å². The molecule has 2 heterocycles. The van der Waals surface area contributed by atoms with Crippen LogP contribution in [0.15, 0.2) is 54.7 Å². The molecule has 0 aliphatic carbocycles. The van der Waals surface area contributed by atoms with Gasteiger partial charge in [0.2, 0.25) is 17.7 Å². The summed E-state index contributed by atoms with van der Waals surface area (Å²) >= 11 is 0. The Bertz CT molecular complexity index is 1110. The molecule has 166 valence electrons. The number of nitrogens with zero attached hydrogens (tertiary/aromatic N) is 2. The number of hydrogen-bond acceptors (Lipinski definition) is 4. The molecule has 4 rings (SSSR count). The van der Waals surface area contributed by atoms with Crippen molar-refractivity contribution in [2.24, 2.45) is 0 Å². The number of carbonyl (C=O) groups is 3. The Morgan fingerprint density at radius 1 is 0.906 bits per heavy atom. The molecule has 0 bridgehead atoms. The number of amides is 3. The third-order valence-electron chi connectivity index (χ3n) is 5.60. The van der Waals surface area contributed by atoms with E-state index in [1.54, 1.807) is 24.3 Å². The highest BCUT2D eigenvalue weighted by Gasteiger charge is 2.23. The van der Waals surface area contributed by atoms with Gasteiger partial charge in [-0.1, -0.05) is 18.2 Å². The Labute approximate surface area is 186 Å². The number of rotatable bonds is 6. The van der Waals surface area contributed by atoms with Crippen molar-refractivity contribution in [3.05, 3.63) is 60.3 Å². The SMILES string of the molecule is CC(=O)Nc1ccc(NC(=O)CN2CCN(C(=O)Cc3c[nH]c4ccccc34)CC2)cc1. The van der Waals surface area contributed by atoms with Crippen molar-refractivity contribution in [2.75, 3.05) is 43.4 Å². The van der Waals surface area contributed by atoms with E-state index in [0.29, 0.717) is 44.0 Å². The van der Waals surface area contributed by atoms with Crippen LogP contribution in [0.25, 0.3) is 10.9 Å². The number of H-pyrrole nitrogens is 1. The van der Waals surface area contributed by atoms with E-state index in [2.05, 4.69) is 20.5 Å². The Kier molecular flexibility index (Phi) is 6.51. The number of carbonyl (C=O) groups excluding carboxylic acids is 3. The van der Waals surface area contributed by atoms with Gasteiger partial charge >= 0.3 is 0 Å². The van der Waals surface area contributed by atoms with Gasteiger partial charge in [-0.3, -0.25) is 19.3 Å². The summed E-state index contributed by atoms with van der Waals surface area (Å²) in [6.45, 7) is 4.27. The van der Waals surface area contributed by atoms with Crippen LogP contribution in [0, 0.1) is 0 Å². The average molecular weight is 434 g/mol. The van der Waals surface area contributed by atoms with Crippen molar-refractivity contribution >= 4 is 40.0 Å². The second-order valence-electron chi connectivity index (χ2n) is 8.00. The predicted molar refractivity (Wildman–Crippen MR) is 124 cm³/mol. The summed E-state index contributed by atoms with van der Waals surface area (Å²) in [4.78, 5) is 43.4. The van der Waals surface area contributed by atoms with Crippen LogP contribution < -0.4 is 10.6 Å². The Hall–Kier alpha value is -3.65. The minimum absolute atomic E-state index is 0.101. The largest absolute Gasteiger partial charge is 0.361 e. The molecule has 0 radical (unpaired) electrons. The minimum atomic E-state index is -0.138. The molecule has 3 amide bonds. The van der Waals surface area contributed by atoms with E-state index < -0.39 is 0 Å². The molecule has 0 atom stereocenters. The van der Waals surface area contributed by atoms with Crippen molar-refractivity contribution in [1.29, 1.82) is 0 Å². The van der Waals surface area contributed by atoms with Gasteiger partial charge in [-0.2, -0.15) is 0 Å². The molecule has 1 saturated heterocycles. The quantitative estimate of drug-likeness (QED) is 0.556. The molecule has 0 spiro atoms. The van der Waals surface area contributed by atoms with Gasteiger partial charge < -0.3 is 20.5 Å². The van der Waals surface area contributed by atoms with Crippen LogP contribution >= 0.6 is 0 Å². The predicted octanol–water partition coefficient (Wildman–Crippen LogP) is 2.45. The summed E-state index contributed by atoms with van der Waals surface area (Å²) in [6, 6.07) is 15.0. The number of aromatic nitrogens is 1. The molecule has 2 aromatic carbocycles. The van der Waals surface area contributed by atoms with Crippen molar-refractivity contribution < 1.29 is 14.4 Å². The lowest BCUT2D eigenvalue weighted by Gasteiger charge is -2.34. The third kappa shape index (κ3) is 5.33. The maximum atomic E-state index is 12.8. The van der Waals surface area contributed by atoms with Crippen molar-refractivity contribution in [3.63, 3.8) is 0 Å². The zero-order chi connectivity index (χ0) is 22.5. The lowest BCUT2D eigenvalue weighted by Crippen LogP contribution is -2.50. The number of benzene rings is 2. The fourth-order valence-electron chi connectivity index (χ4n) is 3.95. The first-order valence-electron chi connectivity index (χ1n) is 10.7. The van der Waals surface area contributed by atoms with Crippen LogP contribution in [0.1, 0.15) is 12.5 Å². The summed E-state index contributed by atoms with van der Waals surface area (Å²) in [7, 11) is 0. The highest BCUT2D eigenvalue weighted by Crippen LogP contribution is 2.19. The van der Waals surface area contributed by atoms with E-state index >= 15 is 0 Å². The summed E-state index contributed by atoms with van der Waals surface area (Å²) in [6.07, 6.45) is 2.28. The molecule has 1 aliphatic heterocycles. The molecule has 32 heavy (non-hydrogen) atoms. The lowest BCUT2D eigenvalue weighted by molar-refractivity contribution is -0.132. The Balaban J connectivity index is 1.23. The van der Waals surface area contributed by atoms with Gasteiger partial charge in [-0.25, -0.2) is 0 Å². The molecule has 8 heteroatoms. The smallest absolute Gasteiger partial charge is 0.238 e. The Morgan fingerprint density at radius 3 is 2.25 bits per heavy atom.